The molecule has 0 amide bonds. The maximum Gasteiger partial charge on any atom is 0.176 e. The molecule has 0 fully saturated rings. The summed E-state index contributed by atoms with van der Waals surface area (Å²) in [5.41, 5.74) is 2.29. The van der Waals surface area contributed by atoms with Crippen LogP contribution in [-0.4, -0.2) is 24.7 Å². The number of benzene rings is 2. The fourth-order valence-corrected chi connectivity index (χ4v) is 3.33. The Morgan fingerprint density at radius 3 is 2.50 bits per heavy atom. The number of hydrogen-bond donors (Lipinski definition) is 2. The van der Waals surface area contributed by atoms with Gasteiger partial charge in [-0.2, -0.15) is 10.2 Å². The molecule has 4 rings (SSSR count). The molecule has 2 aromatic carbocycles. The minimum absolute atomic E-state index is 0.256. The molecule has 6 nitrogen and oxygen atoms in total. The van der Waals surface area contributed by atoms with Crippen molar-refractivity contribution in [1.82, 2.24) is 19.6 Å². The molecule has 0 aliphatic rings. The zero-order valence-electron chi connectivity index (χ0n) is 15.8. The van der Waals surface area contributed by atoms with Crippen LogP contribution in [0.3, 0.4) is 0 Å². The Balaban J connectivity index is 1.33. The smallest absolute Gasteiger partial charge is 0.176 e. The lowest BCUT2D eigenvalue weighted by Crippen LogP contribution is -2.19. The average Bonchev–Trinajstić information content (AvgIpc) is 3.35. The highest BCUT2D eigenvalue weighted by atomic mass is 35.5. The summed E-state index contributed by atoms with van der Waals surface area (Å²) in [7, 11) is 0. The van der Waals surface area contributed by atoms with Gasteiger partial charge in [-0.1, -0.05) is 48.0 Å². The Morgan fingerprint density at radius 2 is 1.70 bits per heavy atom. The zero-order valence-corrected chi connectivity index (χ0v) is 17.4. The highest BCUT2D eigenvalue weighted by Crippen LogP contribution is 2.17. The summed E-state index contributed by atoms with van der Waals surface area (Å²) in [5.74, 6) is 0.306. The van der Waals surface area contributed by atoms with Gasteiger partial charge in [0.05, 0.1) is 25.0 Å². The Bertz CT molecular complexity index is 1080. The molecule has 0 unspecified atom stereocenters. The lowest BCUT2D eigenvalue weighted by atomic mass is 10.2. The molecular formula is C21H18ClFN6S. The minimum Gasteiger partial charge on any atom is -0.330 e. The van der Waals surface area contributed by atoms with Gasteiger partial charge in [-0.15, -0.1) is 0 Å². The summed E-state index contributed by atoms with van der Waals surface area (Å²) in [6, 6.07) is 16.0. The van der Waals surface area contributed by atoms with E-state index in [2.05, 4.69) is 20.8 Å². The van der Waals surface area contributed by atoms with Crippen molar-refractivity contribution in [3.63, 3.8) is 0 Å². The van der Waals surface area contributed by atoms with Crippen molar-refractivity contribution in [2.75, 3.05) is 10.6 Å². The molecule has 30 heavy (non-hydrogen) atoms. The quantitative estimate of drug-likeness (QED) is 0.423. The van der Waals surface area contributed by atoms with Crippen LogP contribution in [0.15, 0.2) is 73.2 Å². The molecule has 0 spiro atoms. The Hall–Kier alpha value is -3.23. The predicted molar refractivity (Wildman–Crippen MR) is 120 cm³/mol. The third-order valence-corrected chi connectivity index (χ3v) is 4.93. The van der Waals surface area contributed by atoms with Crippen molar-refractivity contribution in [3.05, 3.63) is 95.2 Å². The van der Waals surface area contributed by atoms with Crippen LogP contribution in [-0.2, 0) is 13.1 Å². The summed E-state index contributed by atoms with van der Waals surface area (Å²) in [6.45, 7) is 0.894. The van der Waals surface area contributed by atoms with E-state index in [0.717, 1.165) is 11.3 Å². The molecule has 152 valence electrons. The maximum absolute atomic E-state index is 13.8. The standard InChI is InChI=1S/C21H18ClFN6S/c22-18-7-3-1-5-15(18)12-29-14-17(11-24-29)25-21(30)26-20-9-10-28(27-20)13-16-6-2-4-8-19(16)23/h1-11,14H,12-13H2,(H2,25,26,27,30). The van der Waals surface area contributed by atoms with Gasteiger partial charge in [0.1, 0.15) is 5.82 Å². The van der Waals surface area contributed by atoms with Gasteiger partial charge in [0, 0.05) is 29.0 Å². The van der Waals surface area contributed by atoms with Crippen molar-refractivity contribution >= 4 is 40.4 Å². The second kappa shape index (κ2) is 9.06. The third kappa shape index (κ3) is 5.03. The van der Waals surface area contributed by atoms with Crippen LogP contribution in [0.5, 0.6) is 0 Å². The van der Waals surface area contributed by atoms with E-state index in [-0.39, 0.29) is 5.82 Å². The molecule has 9 heteroatoms. The molecule has 2 heterocycles. The van der Waals surface area contributed by atoms with Crippen molar-refractivity contribution < 1.29 is 4.39 Å². The maximum atomic E-state index is 13.8. The monoisotopic (exact) mass is 440 g/mol. The van der Waals surface area contributed by atoms with E-state index in [1.165, 1.54) is 6.07 Å². The van der Waals surface area contributed by atoms with E-state index in [1.807, 2.05) is 30.5 Å². The lowest BCUT2D eigenvalue weighted by molar-refractivity contribution is 0.586. The van der Waals surface area contributed by atoms with Crippen LogP contribution in [0, 0.1) is 5.82 Å². The Morgan fingerprint density at radius 1 is 0.967 bits per heavy atom. The van der Waals surface area contributed by atoms with Gasteiger partial charge in [-0.05, 0) is 29.9 Å². The van der Waals surface area contributed by atoms with Gasteiger partial charge >= 0.3 is 0 Å². The minimum atomic E-state index is -0.256. The summed E-state index contributed by atoms with van der Waals surface area (Å²) in [6.07, 6.45) is 5.29. The number of halogens is 2. The van der Waals surface area contributed by atoms with E-state index >= 15 is 0 Å². The number of anilines is 2. The largest absolute Gasteiger partial charge is 0.330 e. The molecule has 0 radical (unpaired) electrons. The fourth-order valence-electron chi connectivity index (χ4n) is 2.91. The summed E-state index contributed by atoms with van der Waals surface area (Å²) < 4.78 is 17.2. The molecule has 2 N–H and O–H groups in total. The number of nitrogens with one attached hydrogen (secondary N) is 2. The molecule has 0 saturated heterocycles. The first kappa shape index (κ1) is 20.1. The van der Waals surface area contributed by atoms with Crippen molar-refractivity contribution in [2.45, 2.75) is 13.1 Å². The van der Waals surface area contributed by atoms with E-state index in [0.29, 0.717) is 34.6 Å². The first-order chi connectivity index (χ1) is 14.6. The first-order valence-electron chi connectivity index (χ1n) is 9.17. The van der Waals surface area contributed by atoms with E-state index in [9.17, 15) is 4.39 Å². The van der Waals surface area contributed by atoms with Crippen LogP contribution in [0.2, 0.25) is 5.02 Å². The van der Waals surface area contributed by atoms with Crippen LogP contribution in [0.4, 0.5) is 15.9 Å². The fraction of sp³-hybridized carbons (Fsp3) is 0.0952. The highest BCUT2D eigenvalue weighted by molar-refractivity contribution is 7.80. The van der Waals surface area contributed by atoms with Crippen molar-refractivity contribution in [1.29, 1.82) is 0 Å². The van der Waals surface area contributed by atoms with Crippen LogP contribution in [0.25, 0.3) is 0 Å². The lowest BCUT2D eigenvalue weighted by Gasteiger charge is -2.07. The Labute approximate surface area is 183 Å². The van der Waals surface area contributed by atoms with Gasteiger partial charge in [0.25, 0.3) is 0 Å². The Kier molecular flexibility index (Phi) is 6.06. The zero-order chi connectivity index (χ0) is 20.9. The van der Waals surface area contributed by atoms with Crippen molar-refractivity contribution in [2.24, 2.45) is 0 Å². The second-order valence-electron chi connectivity index (χ2n) is 6.59. The van der Waals surface area contributed by atoms with Gasteiger partial charge in [-0.3, -0.25) is 9.36 Å². The first-order valence-corrected chi connectivity index (χ1v) is 9.96. The molecule has 0 bridgehead atoms. The normalized spacial score (nSPS) is 10.7. The van der Waals surface area contributed by atoms with E-state index < -0.39 is 0 Å². The van der Waals surface area contributed by atoms with Gasteiger partial charge in [0.15, 0.2) is 10.9 Å². The molecule has 2 aromatic heterocycles. The SMILES string of the molecule is Fc1ccccc1Cn1ccc(NC(=S)Nc2cnn(Cc3ccccc3Cl)c2)n1. The number of hydrogen-bond acceptors (Lipinski definition) is 3. The summed E-state index contributed by atoms with van der Waals surface area (Å²) in [4.78, 5) is 0. The second-order valence-corrected chi connectivity index (χ2v) is 7.40. The van der Waals surface area contributed by atoms with Gasteiger partial charge < -0.3 is 10.6 Å². The van der Waals surface area contributed by atoms with Crippen LogP contribution in [0.1, 0.15) is 11.1 Å². The molecule has 0 aliphatic carbocycles. The number of rotatable bonds is 6. The van der Waals surface area contributed by atoms with Crippen LogP contribution >= 0.6 is 23.8 Å². The van der Waals surface area contributed by atoms with E-state index in [1.54, 1.807) is 46.0 Å². The highest BCUT2D eigenvalue weighted by Gasteiger charge is 2.07. The predicted octanol–water partition coefficient (Wildman–Crippen LogP) is 4.78. The van der Waals surface area contributed by atoms with E-state index in [4.69, 9.17) is 23.8 Å². The van der Waals surface area contributed by atoms with Crippen LogP contribution < -0.4 is 10.6 Å². The third-order valence-electron chi connectivity index (χ3n) is 4.35. The summed E-state index contributed by atoms with van der Waals surface area (Å²) in [5, 5.41) is 15.9. The number of aromatic nitrogens is 4. The molecule has 0 atom stereocenters. The molecular weight excluding hydrogens is 423 g/mol. The van der Waals surface area contributed by atoms with Crippen molar-refractivity contribution in [3.8, 4) is 0 Å². The average molecular weight is 441 g/mol. The number of nitrogens with zero attached hydrogens (tertiary/aromatic N) is 4. The van der Waals surface area contributed by atoms with Gasteiger partial charge in [-0.25, -0.2) is 4.39 Å². The topological polar surface area (TPSA) is 59.7 Å². The number of thiocarbonyl (C=S) groups is 1. The molecule has 0 aliphatic heterocycles. The summed E-state index contributed by atoms with van der Waals surface area (Å²) >= 11 is 11.5. The molecule has 0 saturated carbocycles. The molecule has 4 aromatic rings. The van der Waals surface area contributed by atoms with Gasteiger partial charge in [0.2, 0.25) is 0 Å².